The standard InChI is InChI=1S/C22H20N2O8S/c25-21(15-3-4-15)17-7-1-13(9-19(17)23(27)28)11-33(31,32)12-14-2-8-18(20(10-14)24(29)30)22(26)16-5-6-16/h1-2,7-10,15-16H,3-6,11-12H2. The van der Waals surface area contributed by atoms with Gasteiger partial charge in [0.05, 0.1) is 32.5 Å². The summed E-state index contributed by atoms with van der Waals surface area (Å²) >= 11 is 0. The van der Waals surface area contributed by atoms with Crippen LogP contribution in [0.1, 0.15) is 57.5 Å². The molecule has 0 N–H and O–H groups in total. The van der Waals surface area contributed by atoms with Crippen molar-refractivity contribution < 1.29 is 27.9 Å². The Hall–Kier alpha value is -3.47. The van der Waals surface area contributed by atoms with Crippen LogP contribution < -0.4 is 0 Å². The highest BCUT2D eigenvalue weighted by atomic mass is 32.2. The van der Waals surface area contributed by atoms with Crippen LogP contribution in [0.3, 0.4) is 0 Å². The number of benzene rings is 2. The molecule has 11 heteroatoms. The van der Waals surface area contributed by atoms with Crippen molar-refractivity contribution in [1.82, 2.24) is 0 Å². The van der Waals surface area contributed by atoms with E-state index >= 15 is 0 Å². The van der Waals surface area contributed by atoms with Gasteiger partial charge in [0.25, 0.3) is 11.4 Å². The average molecular weight is 472 g/mol. The molecule has 2 aromatic carbocycles. The summed E-state index contributed by atoms with van der Waals surface area (Å²) in [4.78, 5) is 46.0. The smallest absolute Gasteiger partial charge is 0.280 e. The first-order valence-corrected chi connectivity index (χ1v) is 12.2. The Morgan fingerprint density at radius 1 is 0.758 bits per heavy atom. The molecule has 0 aromatic heterocycles. The third-order valence-corrected chi connectivity index (χ3v) is 7.26. The summed E-state index contributed by atoms with van der Waals surface area (Å²) in [5.41, 5.74) is -0.644. The molecule has 10 nitrogen and oxygen atoms in total. The van der Waals surface area contributed by atoms with Crippen LogP contribution in [0.25, 0.3) is 0 Å². The Kier molecular flexibility index (Phi) is 5.83. The van der Waals surface area contributed by atoms with E-state index in [2.05, 4.69) is 0 Å². The minimum Gasteiger partial charge on any atom is -0.294 e. The molecule has 4 rings (SSSR count). The minimum absolute atomic E-state index is 0.0322. The van der Waals surface area contributed by atoms with Gasteiger partial charge in [-0.15, -0.1) is 0 Å². The topological polar surface area (TPSA) is 155 Å². The summed E-state index contributed by atoms with van der Waals surface area (Å²) in [5, 5.41) is 22.9. The summed E-state index contributed by atoms with van der Waals surface area (Å²) < 4.78 is 25.5. The van der Waals surface area contributed by atoms with E-state index in [1.807, 2.05) is 0 Å². The molecular weight excluding hydrogens is 452 g/mol. The van der Waals surface area contributed by atoms with Crippen molar-refractivity contribution in [2.24, 2.45) is 11.8 Å². The van der Waals surface area contributed by atoms with Gasteiger partial charge in [0.2, 0.25) is 0 Å². The maximum atomic E-state index is 12.7. The number of nitro groups is 2. The van der Waals surface area contributed by atoms with Gasteiger partial charge in [-0.3, -0.25) is 29.8 Å². The van der Waals surface area contributed by atoms with Crippen molar-refractivity contribution in [3.05, 3.63) is 78.9 Å². The van der Waals surface area contributed by atoms with Crippen molar-refractivity contribution in [2.75, 3.05) is 0 Å². The van der Waals surface area contributed by atoms with Crippen molar-refractivity contribution in [3.8, 4) is 0 Å². The fourth-order valence-corrected chi connectivity index (χ4v) is 5.22. The molecule has 0 unspecified atom stereocenters. The molecule has 0 amide bonds. The van der Waals surface area contributed by atoms with Crippen LogP contribution in [0.2, 0.25) is 0 Å². The van der Waals surface area contributed by atoms with Crippen molar-refractivity contribution >= 4 is 32.8 Å². The van der Waals surface area contributed by atoms with Gasteiger partial charge < -0.3 is 0 Å². The summed E-state index contributed by atoms with van der Waals surface area (Å²) in [6, 6.07) is 7.50. The lowest BCUT2D eigenvalue weighted by molar-refractivity contribution is -0.385. The van der Waals surface area contributed by atoms with Gasteiger partial charge in [-0.05, 0) is 48.9 Å². The maximum absolute atomic E-state index is 12.7. The Morgan fingerprint density at radius 3 is 1.42 bits per heavy atom. The number of carbonyl (C=O) groups is 2. The second kappa shape index (κ2) is 8.47. The molecule has 0 aliphatic heterocycles. The number of sulfone groups is 1. The van der Waals surface area contributed by atoms with Gasteiger partial charge in [-0.2, -0.15) is 0 Å². The van der Waals surface area contributed by atoms with Crippen LogP contribution >= 0.6 is 0 Å². The first-order chi connectivity index (χ1) is 15.6. The lowest BCUT2D eigenvalue weighted by atomic mass is 10.0. The van der Waals surface area contributed by atoms with Crippen LogP contribution in [0.5, 0.6) is 0 Å². The molecule has 172 valence electrons. The quantitative estimate of drug-likeness (QED) is 0.287. The number of ketones is 2. The van der Waals surface area contributed by atoms with E-state index in [9.17, 15) is 38.2 Å². The summed E-state index contributed by atoms with van der Waals surface area (Å²) in [6.45, 7) is 0. The van der Waals surface area contributed by atoms with E-state index in [0.29, 0.717) is 25.7 Å². The van der Waals surface area contributed by atoms with Gasteiger partial charge in [-0.25, -0.2) is 8.42 Å². The molecule has 2 aliphatic carbocycles. The van der Waals surface area contributed by atoms with E-state index in [4.69, 9.17) is 0 Å². The van der Waals surface area contributed by atoms with E-state index in [-0.39, 0.29) is 45.7 Å². The molecule has 2 saturated carbocycles. The molecule has 0 atom stereocenters. The van der Waals surface area contributed by atoms with Crippen molar-refractivity contribution in [1.29, 1.82) is 0 Å². The lowest BCUT2D eigenvalue weighted by Gasteiger charge is -2.08. The van der Waals surface area contributed by atoms with Crippen LogP contribution in [0, 0.1) is 32.1 Å². The molecule has 2 aromatic rings. The van der Waals surface area contributed by atoms with Crippen molar-refractivity contribution in [2.45, 2.75) is 37.2 Å². The molecule has 2 fully saturated rings. The Bertz CT molecular complexity index is 1200. The van der Waals surface area contributed by atoms with Crippen LogP contribution in [-0.2, 0) is 21.3 Å². The number of carbonyl (C=O) groups excluding carboxylic acids is 2. The van der Waals surface area contributed by atoms with Gasteiger partial charge in [-0.1, -0.05) is 12.1 Å². The van der Waals surface area contributed by atoms with E-state index < -0.39 is 42.6 Å². The van der Waals surface area contributed by atoms with E-state index in [0.717, 1.165) is 12.1 Å². The zero-order valence-corrected chi connectivity index (χ0v) is 18.2. The molecule has 33 heavy (non-hydrogen) atoms. The van der Waals surface area contributed by atoms with Gasteiger partial charge in [0.1, 0.15) is 0 Å². The molecule has 0 bridgehead atoms. The molecular formula is C22H20N2O8S. The number of rotatable bonds is 10. The largest absolute Gasteiger partial charge is 0.294 e. The Balaban J connectivity index is 1.55. The monoisotopic (exact) mass is 472 g/mol. The number of nitro benzene ring substituents is 2. The molecule has 0 radical (unpaired) electrons. The summed E-state index contributed by atoms with van der Waals surface area (Å²) in [5.74, 6) is -2.15. The molecule has 0 saturated heterocycles. The number of nitrogens with zero attached hydrogens (tertiary/aromatic N) is 2. The predicted molar refractivity (Wildman–Crippen MR) is 117 cm³/mol. The van der Waals surface area contributed by atoms with E-state index in [1.165, 1.54) is 24.3 Å². The molecule has 0 heterocycles. The zero-order valence-electron chi connectivity index (χ0n) is 17.4. The average Bonchev–Trinajstić information content (AvgIpc) is 3.64. The van der Waals surface area contributed by atoms with Crippen LogP contribution in [0.15, 0.2) is 36.4 Å². The normalized spacial score (nSPS) is 15.8. The van der Waals surface area contributed by atoms with E-state index in [1.54, 1.807) is 0 Å². The number of Topliss-reactive ketones (excluding diaryl/α,β-unsaturated/α-hetero) is 2. The third-order valence-electron chi connectivity index (χ3n) is 5.72. The zero-order chi connectivity index (χ0) is 23.9. The van der Waals surface area contributed by atoms with Gasteiger partial charge in [0.15, 0.2) is 21.4 Å². The predicted octanol–water partition coefficient (Wildman–Crippen LogP) is 3.80. The SMILES string of the molecule is O=C(c1ccc(CS(=O)(=O)Cc2ccc(C(=O)C3CC3)c([N+](=O)[O-])c2)cc1[N+](=O)[O-])C1CC1. The van der Waals surface area contributed by atoms with Crippen LogP contribution in [0.4, 0.5) is 11.4 Å². The lowest BCUT2D eigenvalue weighted by Crippen LogP contribution is -2.11. The molecule has 0 spiro atoms. The third kappa shape index (κ3) is 5.14. The highest BCUT2D eigenvalue weighted by Gasteiger charge is 2.35. The first kappa shape index (κ1) is 22.7. The fraction of sp³-hybridized carbons (Fsp3) is 0.364. The fourth-order valence-electron chi connectivity index (χ4n) is 3.74. The Morgan fingerprint density at radius 2 is 1.12 bits per heavy atom. The molecule has 2 aliphatic rings. The first-order valence-electron chi connectivity index (χ1n) is 10.4. The van der Waals surface area contributed by atoms with Gasteiger partial charge >= 0.3 is 0 Å². The highest BCUT2D eigenvalue weighted by molar-refractivity contribution is 7.89. The maximum Gasteiger partial charge on any atom is 0.280 e. The highest BCUT2D eigenvalue weighted by Crippen LogP contribution is 2.37. The minimum atomic E-state index is -3.86. The summed E-state index contributed by atoms with van der Waals surface area (Å²) in [7, 11) is -3.86. The second-order valence-corrected chi connectivity index (χ2v) is 10.6. The summed E-state index contributed by atoms with van der Waals surface area (Å²) in [6.07, 6.45) is 2.74. The number of hydrogen-bond acceptors (Lipinski definition) is 8. The Labute approximate surface area is 188 Å². The second-order valence-electron chi connectivity index (χ2n) is 8.53. The van der Waals surface area contributed by atoms with Crippen LogP contribution in [-0.4, -0.2) is 29.8 Å². The van der Waals surface area contributed by atoms with Crippen molar-refractivity contribution in [3.63, 3.8) is 0 Å². The van der Waals surface area contributed by atoms with Gasteiger partial charge in [0, 0.05) is 24.0 Å². The number of hydrogen-bond donors (Lipinski definition) is 0.